The number of hydrogen-bond donors (Lipinski definition) is 3. The molecule has 1 saturated heterocycles. The van der Waals surface area contributed by atoms with Gasteiger partial charge in [-0.1, -0.05) is 30.3 Å². The fourth-order valence-electron chi connectivity index (χ4n) is 5.00. The van der Waals surface area contributed by atoms with E-state index in [9.17, 15) is 14.7 Å². The summed E-state index contributed by atoms with van der Waals surface area (Å²) in [7, 11) is 0. The minimum Gasteiger partial charge on any atom is -0.487 e. The quantitative estimate of drug-likeness (QED) is 0.470. The van der Waals surface area contributed by atoms with Crippen LogP contribution in [0, 0.1) is 0 Å². The Morgan fingerprint density at radius 3 is 2.72 bits per heavy atom. The van der Waals surface area contributed by atoms with Crippen molar-refractivity contribution in [3.05, 3.63) is 89.7 Å². The molecule has 2 amide bonds. The zero-order valence-corrected chi connectivity index (χ0v) is 20.0. The lowest BCUT2D eigenvalue weighted by atomic mass is 9.84. The topological polar surface area (TPSA) is 110 Å². The average molecular weight is 488 g/mol. The van der Waals surface area contributed by atoms with Crippen LogP contribution in [0.15, 0.2) is 73.1 Å². The molecule has 1 fully saturated rings. The molecule has 2 aromatic carbocycles. The van der Waals surface area contributed by atoms with Crippen molar-refractivity contribution in [3.63, 3.8) is 0 Å². The number of benzene rings is 2. The van der Waals surface area contributed by atoms with E-state index in [1.54, 1.807) is 24.4 Å². The molecule has 36 heavy (non-hydrogen) atoms. The summed E-state index contributed by atoms with van der Waals surface area (Å²) in [5, 5.41) is 15.9. The van der Waals surface area contributed by atoms with E-state index in [1.165, 1.54) is 6.20 Å². The fraction of sp³-hybridized carbons (Fsp3) is 0.321. The van der Waals surface area contributed by atoms with Crippen molar-refractivity contribution in [2.45, 2.75) is 50.0 Å². The SMILES string of the molecule is C[C@H](NC(=O)C[C@@H]1C[C@@H]2c3cc(NC(=O)c4cccnc4)ccc3O[C@@H]2[C@H](CO)O1)c1ccccc1. The number of hydrogen-bond acceptors (Lipinski definition) is 6. The molecule has 186 valence electrons. The molecule has 0 spiro atoms. The third kappa shape index (κ3) is 5.10. The number of rotatable bonds is 7. The Morgan fingerprint density at radius 2 is 1.97 bits per heavy atom. The van der Waals surface area contributed by atoms with E-state index < -0.39 is 6.10 Å². The number of nitrogens with one attached hydrogen (secondary N) is 2. The van der Waals surface area contributed by atoms with Crippen molar-refractivity contribution in [1.29, 1.82) is 0 Å². The summed E-state index contributed by atoms with van der Waals surface area (Å²) >= 11 is 0. The second kappa shape index (κ2) is 10.5. The summed E-state index contributed by atoms with van der Waals surface area (Å²) in [6.45, 7) is 1.74. The highest BCUT2D eigenvalue weighted by molar-refractivity contribution is 6.04. The van der Waals surface area contributed by atoms with Gasteiger partial charge in [-0.25, -0.2) is 0 Å². The first kappa shape index (κ1) is 24.0. The van der Waals surface area contributed by atoms with Crippen LogP contribution in [0.4, 0.5) is 5.69 Å². The van der Waals surface area contributed by atoms with E-state index in [0.717, 1.165) is 11.1 Å². The smallest absolute Gasteiger partial charge is 0.257 e. The van der Waals surface area contributed by atoms with Crippen LogP contribution >= 0.6 is 0 Å². The summed E-state index contributed by atoms with van der Waals surface area (Å²) in [4.78, 5) is 29.4. The Balaban J connectivity index is 1.28. The zero-order chi connectivity index (χ0) is 25.1. The Hall–Kier alpha value is -3.75. The van der Waals surface area contributed by atoms with Gasteiger partial charge in [0, 0.05) is 29.6 Å². The van der Waals surface area contributed by atoms with Crippen LogP contribution in [0.2, 0.25) is 0 Å². The molecule has 8 heteroatoms. The lowest BCUT2D eigenvalue weighted by molar-refractivity contribution is -0.142. The van der Waals surface area contributed by atoms with E-state index in [2.05, 4.69) is 15.6 Å². The van der Waals surface area contributed by atoms with E-state index >= 15 is 0 Å². The van der Waals surface area contributed by atoms with Gasteiger partial charge in [0.1, 0.15) is 18.0 Å². The van der Waals surface area contributed by atoms with Crippen LogP contribution < -0.4 is 15.4 Å². The Morgan fingerprint density at radius 1 is 1.14 bits per heavy atom. The molecule has 0 saturated carbocycles. The lowest BCUT2D eigenvalue weighted by Gasteiger charge is -2.37. The third-order valence-electron chi connectivity index (χ3n) is 6.77. The van der Waals surface area contributed by atoms with Crippen molar-refractivity contribution in [3.8, 4) is 5.75 Å². The summed E-state index contributed by atoms with van der Waals surface area (Å²) in [6.07, 6.45) is 2.62. The molecule has 2 aliphatic rings. The van der Waals surface area contributed by atoms with E-state index in [1.807, 2.05) is 49.4 Å². The largest absolute Gasteiger partial charge is 0.487 e. The Bertz CT molecular complexity index is 1220. The molecule has 1 aromatic heterocycles. The van der Waals surface area contributed by atoms with Crippen molar-refractivity contribution < 1.29 is 24.2 Å². The molecule has 8 nitrogen and oxygen atoms in total. The number of aliphatic hydroxyl groups is 1. The molecule has 0 unspecified atom stereocenters. The van der Waals surface area contributed by atoms with Crippen molar-refractivity contribution >= 4 is 17.5 Å². The number of anilines is 1. The highest BCUT2D eigenvalue weighted by atomic mass is 16.6. The summed E-state index contributed by atoms with van der Waals surface area (Å²) in [5.74, 6) is 0.281. The number of aliphatic hydroxyl groups excluding tert-OH is 1. The second-order valence-electron chi connectivity index (χ2n) is 9.26. The number of pyridine rings is 1. The standard InChI is InChI=1S/C28H29N3O5/c1-17(18-6-3-2-4-7-18)30-26(33)14-21-13-23-22-12-20(31-28(34)19-8-5-11-29-15-19)9-10-24(22)36-27(23)25(16-32)35-21/h2-12,15,17,21,23,25,27,32H,13-14,16H2,1H3,(H,30,33)(H,31,34)/t17-,21-,23+,25-,27-/m0/s1. The van der Waals surface area contributed by atoms with Gasteiger partial charge < -0.3 is 25.2 Å². The first-order valence-corrected chi connectivity index (χ1v) is 12.1. The van der Waals surface area contributed by atoms with Crippen molar-refractivity contribution in [1.82, 2.24) is 10.3 Å². The van der Waals surface area contributed by atoms with E-state index in [4.69, 9.17) is 9.47 Å². The summed E-state index contributed by atoms with van der Waals surface area (Å²) < 4.78 is 12.2. The van der Waals surface area contributed by atoms with Crippen LogP contribution in [0.5, 0.6) is 5.75 Å². The highest BCUT2D eigenvalue weighted by Gasteiger charge is 2.46. The van der Waals surface area contributed by atoms with Gasteiger partial charge in [0.25, 0.3) is 5.91 Å². The fourth-order valence-corrected chi connectivity index (χ4v) is 5.00. The molecule has 0 aliphatic carbocycles. The van der Waals surface area contributed by atoms with Crippen LogP contribution in [-0.4, -0.2) is 46.8 Å². The number of amides is 2. The lowest BCUT2D eigenvalue weighted by Crippen LogP contribution is -2.47. The van der Waals surface area contributed by atoms with Crippen LogP contribution in [0.1, 0.15) is 53.2 Å². The predicted molar refractivity (Wildman–Crippen MR) is 134 cm³/mol. The summed E-state index contributed by atoms with van der Waals surface area (Å²) in [5.41, 5.74) is 3.08. The van der Waals surface area contributed by atoms with Gasteiger partial charge in [-0.3, -0.25) is 14.6 Å². The number of ether oxygens (including phenoxy) is 2. The first-order chi connectivity index (χ1) is 17.5. The number of carbonyl (C=O) groups excluding carboxylic acids is 2. The van der Waals surface area contributed by atoms with Gasteiger partial charge in [-0.2, -0.15) is 0 Å². The first-order valence-electron chi connectivity index (χ1n) is 12.1. The van der Waals surface area contributed by atoms with Crippen LogP contribution in [-0.2, 0) is 9.53 Å². The highest BCUT2D eigenvalue weighted by Crippen LogP contribution is 2.47. The minimum atomic E-state index is -0.547. The van der Waals surface area contributed by atoms with Crippen molar-refractivity contribution in [2.24, 2.45) is 0 Å². The predicted octanol–water partition coefficient (Wildman–Crippen LogP) is 3.60. The monoisotopic (exact) mass is 487 g/mol. The maximum absolute atomic E-state index is 12.8. The third-order valence-corrected chi connectivity index (χ3v) is 6.77. The molecule has 3 aromatic rings. The molecular weight excluding hydrogens is 458 g/mol. The Labute approximate surface area is 209 Å². The van der Waals surface area contributed by atoms with E-state index in [0.29, 0.717) is 23.4 Å². The molecule has 5 rings (SSSR count). The molecule has 0 radical (unpaired) electrons. The number of nitrogens with zero attached hydrogens (tertiary/aromatic N) is 1. The van der Waals surface area contributed by atoms with Gasteiger partial charge in [0.2, 0.25) is 5.91 Å². The number of fused-ring (bicyclic) bond motifs is 3. The molecule has 5 atom stereocenters. The van der Waals surface area contributed by atoms with Gasteiger partial charge in [-0.05, 0) is 49.2 Å². The summed E-state index contributed by atoms with van der Waals surface area (Å²) in [6, 6.07) is 18.6. The van der Waals surface area contributed by atoms with Gasteiger partial charge in [0.15, 0.2) is 0 Å². The molecule has 2 aliphatic heterocycles. The molecular formula is C28H29N3O5. The van der Waals surface area contributed by atoms with E-state index in [-0.39, 0.29) is 49.0 Å². The Kier molecular flexibility index (Phi) is 6.97. The minimum absolute atomic E-state index is 0.0644. The zero-order valence-electron chi connectivity index (χ0n) is 20.0. The maximum atomic E-state index is 12.8. The molecule has 3 heterocycles. The number of aromatic nitrogens is 1. The molecule has 0 bridgehead atoms. The molecule has 3 N–H and O–H groups in total. The van der Waals surface area contributed by atoms with Gasteiger partial charge in [0.05, 0.1) is 30.7 Å². The van der Waals surface area contributed by atoms with Crippen LogP contribution in [0.25, 0.3) is 0 Å². The van der Waals surface area contributed by atoms with Crippen molar-refractivity contribution in [2.75, 3.05) is 11.9 Å². The number of carbonyl (C=O) groups is 2. The average Bonchev–Trinajstić information content (AvgIpc) is 3.27. The second-order valence-corrected chi connectivity index (χ2v) is 9.26. The van der Waals surface area contributed by atoms with Gasteiger partial charge in [-0.15, -0.1) is 0 Å². The van der Waals surface area contributed by atoms with Crippen LogP contribution in [0.3, 0.4) is 0 Å². The normalized spacial score (nSPS) is 23.1. The van der Waals surface area contributed by atoms with Gasteiger partial charge >= 0.3 is 0 Å². The maximum Gasteiger partial charge on any atom is 0.257 e.